The summed E-state index contributed by atoms with van der Waals surface area (Å²) in [6.45, 7) is 1.16. The van der Waals surface area contributed by atoms with Crippen LogP contribution in [0.2, 0.25) is 0 Å². The van der Waals surface area contributed by atoms with Gasteiger partial charge in [-0.05, 0) is 18.4 Å². The molecule has 1 aliphatic rings. The van der Waals surface area contributed by atoms with E-state index in [4.69, 9.17) is 9.47 Å². The third kappa shape index (κ3) is 3.02. The molecule has 15 heavy (non-hydrogen) atoms. The second-order valence-corrected chi connectivity index (χ2v) is 3.74. The fourth-order valence-corrected chi connectivity index (χ4v) is 1.68. The summed E-state index contributed by atoms with van der Waals surface area (Å²) in [4.78, 5) is 0. The lowest BCUT2D eigenvalue weighted by atomic mass is 10.1. The van der Waals surface area contributed by atoms with E-state index in [2.05, 4.69) is 0 Å². The van der Waals surface area contributed by atoms with Gasteiger partial charge in [-0.25, -0.2) is 0 Å². The summed E-state index contributed by atoms with van der Waals surface area (Å²) in [6, 6.07) is 9.95. The van der Waals surface area contributed by atoms with Crippen molar-refractivity contribution in [2.24, 2.45) is 0 Å². The van der Waals surface area contributed by atoms with Gasteiger partial charge in [0.05, 0.1) is 6.61 Å². The van der Waals surface area contributed by atoms with Gasteiger partial charge in [0.15, 0.2) is 6.29 Å². The first-order valence-corrected chi connectivity index (χ1v) is 5.31. The van der Waals surface area contributed by atoms with Gasteiger partial charge in [0.1, 0.15) is 6.10 Å². The van der Waals surface area contributed by atoms with Crippen LogP contribution in [0.1, 0.15) is 18.4 Å². The van der Waals surface area contributed by atoms with Crippen LogP contribution in [0.15, 0.2) is 30.3 Å². The van der Waals surface area contributed by atoms with E-state index >= 15 is 0 Å². The molecule has 3 nitrogen and oxygen atoms in total. The van der Waals surface area contributed by atoms with E-state index in [0.717, 1.165) is 18.4 Å². The molecule has 1 fully saturated rings. The second-order valence-electron chi connectivity index (χ2n) is 3.74. The molecular weight excluding hydrogens is 192 g/mol. The van der Waals surface area contributed by atoms with Crippen molar-refractivity contribution in [3.05, 3.63) is 35.9 Å². The predicted octanol–water partition coefficient (Wildman–Crippen LogP) is 1.70. The van der Waals surface area contributed by atoms with Crippen LogP contribution in [0, 0.1) is 0 Å². The molecule has 0 radical (unpaired) electrons. The van der Waals surface area contributed by atoms with Crippen molar-refractivity contribution in [1.29, 1.82) is 0 Å². The fraction of sp³-hybridized carbons (Fsp3) is 0.500. The van der Waals surface area contributed by atoms with E-state index in [0.29, 0.717) is 13.2 Å². The zero-order chi connectivity index (χ0) is 10.5. The number of aliphatic hydroxyl groups excluding tert-OH is 1. The highest BCUT2D eigenvalue weighted by atomic mass is 16.6. The Kier molecular flexibility index (Phi) is 3.72. The minimum Gasteiger partial charge on any atom is -0.368 e. The Hall–Kier alpha value is -0.900. The van der Waals surface area contributed by atoms with E-state index in [-0.39, 0.29) is 6.10 Å². The summed E-state index contributed by atoms with van der Waals surface area (Å²) in [5, 5.41) is 9.50. The van der Waals surface area contributed by atoms with Gasteiger partial charge in [-0.15, -0.1) is 0 Å². The predicted molar refractivity (Wildman–Crippen MR) is 56.2 cm³/mol. The number of hydrogen-bond acceptors (Lipinski definition) is 3. The highest BCUT2D eigenvalue weighted by Gasteiger charge is 2.24. The highest BCUT2D eigenvalue weighted by molar-refractivity contribution is 5.13. The molecule has 0 amide bonds. The maximum Gasteiger partial charge on any atom is 0.181 e. The molecule has 82 valence electrons. The Morgan fingerprint density at radius 3 is 2.87 bits per heavy atom. The standard InChI is InChI=1S/C12H16O3/c13-12-11(7-4-8-14-12)15-9-10-5-2-1-3-6-10/h1-3,5-6,11-13H,4,7-9H2/t11-,12+/m1/s1. The van der Waals surface area contributed by atoms with Crippen molar-refractivity contribution < 1.29 is 14.6 Å². The van der Waals surface area contributed by atoms with E-state index in [1.165, 1.54) is 0 Å². The zero-order valence-corrected chi connectivity index (χ0v) is 8.63. The summed E-state index contributed by atoms with van der Waals surface area (Å²) >= 11 is 0. The van der Waals surface area contributed by atoms with Crippen LogP contribution >= 0.6 is 0 Å². The van der Waals surface area contributed by atoms with Gasteiger partial charge in [-0.3, -0.25) is 0 Å². The SMILES string of the molecule is O[C@H]1OCCC[C@H]1OCc1ccccc1. The monoisotopic (exact) mass is 208 g/mol. The molecule has 1 aromatic carbocycles. The highest BCUT2D eigenvalue weighted by Crippen LogP contribution is 2.16. The second kappa shape index (κ2) is 5.26. The van der Waals surface area contributed by atoms with Gasteiger partial charge in [-0.1, -0.05) is 30.3 Å². The van der Waals surface area contributed by atoms with Crippen LogP contribution in [-0.2, 0) is 16.1 Å². The number of aliphatic hydroxyl groups is 1. The minimum absolute atomic E-state index is 0.182. The number of hydrogen-bond donors (Lipinski definition) is 1. The quantitative estimate of drug-likeness (QED) is 0.821. The van der Waals surface area contributed by atoms with Gasteiger partial charge in [0.2, 0.25) is 0 Å². The lowest BCUT2D eigenvalue weighted by Crippen LogP contribution is -2.35. The third-order valence-corrected chi connectivity index (χ3v) is 2.55. The third-order valence-electron chi connectivity index (χ3n) is 2.55. The first-order chi connectivity index (χ1) is 7.36. The summed E-state index contributed by atoms with van der Waals surface area (Å²) in [7, 11) is 0. The molecule has 3 heteroatoms. The fourth-order valence-electron chi connectivity index (χ4n) is 1.68. The Bertz CT molecular complexity index is 286. The molecule has 2 rings (SSSR count). The van der Waals surface area contributed by atoms with Crippen LogP contribution in [0.4, 0.5) is 0 Å². The Morgan fingerprint density at radius 1 is 1.33 bits per heavy atom. The molecule has 1 N–H and O–H groups in total. The van der Waals surface area contributed by atoms with Crippen LogP contribution in [0.5, 0.6) is 0 Å². The molecule has 0 spiro atoms. The molecule has 2 atom stereocenters. The largest absolute Gasteiger partial charge is 0.368 e. The molecule has 1 aliphatic heterocycles. The van der Waals surface area contributed by atoms with E-state index < -0.39 is 6.29 Å². The molecule has 0 aliphatic carbocycles. The van der Waals surface area contributed by atoms with Gasteiger partial charge in [0.25, 0.3) is 0 Å². The van der Waals surface area contributed by atoms with Gasteiger partial charge < -0.3 is 14.6 Å². The van der Waals surface area contributed by atoms with E-state index in [1.807, 2.05) is 30.3 Å². The normalized spacial score (nSPS) is 26.5. The molecular formula is C12H16O3. The first-order valence-electron chi connectivity index (χ1n) is 5.31. The van der Waals surface area contributed by atoms with E-state index in [1.54, 1.807) is 0 Å². The summed E-state index contributed by atoms with van der Waals surface area (Å²) in [6.07, 6.45) is 0.881. The van der Waals surface area contributed by atoms with Crippen molar-refractivity contribution in [3.63, 3.8) is 0 Å². The van der Waals surface area contributed by atoms with E-state index in [9.17, 15) is 5.11 Å². The molecule has 1 heterocycles. The van der Waals surface area contributed by atoms with Crippen LogP contribution in [-0.4, -0.2) is 24.1 Å². The summed E-state index contributed by atoms with van der Waals surface area (Å²) in [5.74, 6) is 0. The molecule has 0 bridgehead atoms. The zero-order valence-electron chi connectivity index (χ0n) is 8.63. The van der Waals surface area contributed by atoms with Gasteiger partial charge in [0, 0.05) is 6.61 Å². The molecule has 1 aromatic rings. The molecule has 0 saturated carbocycles. The van der Waals surface area contributed by atoms with Crippen LogP contribution < -0.4 is 0 Å². The average molecular weight is 208 g/mol. The number of rotatable bonds is 3. The first kappa shape index (κ1) is 10.6. The molecule has 1 saturated heterocycles. The number of ether oxygens (including phenoxy) is 2. The summed E-state index contributed by atoms with van der Waals surface area (Å²) < 4.78 is 10.7. The van der Waals surface area contributed by atoms with Crippen molar-refractivity contribution >= 4 is 0 Å². The van der Waals surface area contributed by atoms with Crippen molar-refractivity contribution in [1.82, 2.24) is 0 Å². The van der Waals surface area contributed by atoms with Crippen molar-refractivity contribution in [2.75, 3.05) is 6.61 Å². The minimum atomic E-state index is -0.762. The summed E-state index contributed by atoms with van der Waals surface area (Å²) in [5.41, 5.74) is 1.12. The lowest BCUT2D eigenvalue weighted by molar-refractivity contribution is -0.205. The Balaban J connectivity index is 1.82. The maximum absolute atomic E-state index is 9.50. The molecule has 0 unspecified atom stereocenters. The Morgan fingerprint density at radius 2 is 2.13 bits per heavy atom. The van der Waals surface area contributed by atoms with Crippen LogP contribution in [0.25, 0.3) is 0 Å². The molecule has 0 aromatic heterocycles. The maximum atomic E-state index is 9.50. The Labute approximate surface area is 89.6 Å². The van der Waals surface area contributed by atoms with Gasteiger partial charge >= 0.3 is 0 Å². The topological polar surface area (TPSA) is 38.7 Å². The average Bonchev–Trinajstić information content (AvgIpc) is 2.29. The van der Waals surface area contributed by atoms with Crippen molar-refractivity contribution in [3.8, 4) is 0 Å². The number of benzene rings is 1. The van der Waals surface area contributed by atoms with Crippen LogP contribution in [0.3, 0.4) is 0 Å². The smallest absolute Gasteiger partial charge is 0.181 e. The lowest BCUT2D eigenvalue weighted by Gasteiger charge is -2.27. The van der Waals surface area contributed by atoms with Gasteiger partial charge in [-0.2, -0.15) is 0 Å². The van der Waals surface area contributed by atoms with Crippen molar-refractivity contribution in [2.45, 2.75) is 31.8 Å².